The Hall–Kier alpha value is -1.51. The summed E-state index contributed by atoms with van der Waals surface area (Å²) in [6.45, 7) is 2.13. The van der Waals surface area contributed by atoms with E-state index in [0.29, 0.717) is 6.01 Å². The maximum Gasteiger partial charge on any atom is 0.297 e. The first-order chi connectivity index (χ1) is 6.70. The Morgan fingerprint density at radius 2 is 2.14 bits per heavy atom. The highest BCUT2D eigenvalue weighted by Crippen LogP contribution is 2.21. The number of hydrogen-bond donors (Lipinski definition) is 0. The Kier molecular flexibility index (Phi) is 2.15. The van der Waals surface area contributed by atoms with E-state index in [1.165, 1.54) is 5.56 Å². The molecule has 0 saturated heterocycles. The van der Waals surface area contributed by atoms with Crippen molar-refractivity contribution in [3.05, 3.63) is 23.8 Å². The summed E-state index contributed by atoms with van der Waals surface area (Å²) >= 11 is 0. The second-order valence-corrected chi connectivity index (χ2v) is 3.55. The van der Waals surface area contributed by atoms with Crippen LogP contribution in [0.15, 0.2) is 22.6 Å². The zero-order valence-electron chi connectivity index (χ0n) is 8.74. The maximum atomic E-state index is 5.54. The zero-order chi connectivity index (χ0) is 10.1. The summed E-state index contributed by atoms with van der Waals surface area (Å²) in [4.78, 5) is 6.25. The Balaban J connectivity index is 2.54. The molecule has 0 amide bonds. The van der Waals surface area contributed by atoms with Gasteiger partial charge in [0.2, 0.25) is 0 Å². The van der Waals surface area contributed by atoms with Crippen LogP contribution in [-0.4, -0.2) is 19.1 Å². The summed E-state index contributed by atoms with van der Waals surface area (Å²) in [5.74, 6) is 0. The van der Waals surface area contributed by atoms with E-state index in [4.69, 9.17) is 4.42 Å². The van der Waals surface area contributed by atoms with Gasteiger partial charge in [0.1, 0.15) is 5.52 Å². The monoisotopic (exact) mass is 190 g/mol. The molecule has 1 heterocycles. The largest absolute Gasteiger partial charge is 0.423 e. The van der Waals surface area contributed by atoms with Gasteiger partial charge in [0, 0.05) is 14.1 Å². The molecule has 0 N–H and O–H groups in total. The van der Waals surface area contributed by atoms with E-state index in [2.05, 4.69) is 24.0 Å². The maximum absolute atomic E-state index is 5.54. The van der Waals surface area contributed by atoms with Gasteiger partial charge in [-0.3, -0.25) is 0 Å². The van der Waals surface area contributed by atoms with Crippen molar-refractivity contribution in [3.63, 3.8) is 0 Å². The molecular formula is C11H14N2O. The Morgan fingerprint density at radius 1 is 1.36 bits per heavy atom. The molecule has 1 aromatic heterocycles. The molecule has 0 saturated carbocycles. The van der Waals surface area contributed by atoms with Crippen LogP contribution in [0.5, 0.6) is 0 Å². The molecule has 2 rings (SSSR count). The fourth-order valence-electron chi connectivity index (χ4n) is 1.37. The normalized spacial score (nSPS) is 10.8. The molecule has 0 unspecified atom stereocenters. The van der Waals surface area contributed by atoms with Gasteiger partial charge in [-0.05, 0) is 24.1 Å². The highest BCUT2D eigenvalue weighted by molar-refractivity contribution is 5.75. The Bertz CT molecular complexity index is 445. The third kappa shape index (κ3) is 1.45. The van der Waals surface area contributed by atoms with E-state index < -0.39 is 0 Å². The molecule has 0 radical (unpaired) electrons. The molecule has 0 aliphatic carbocycles. The van der Waals surface area contributed by atoms with E-state index >= 15 is 0 Å². The van der Waals surface area contributed by atoms with Crippen LogP contribution in [0.25, 0.3) is 11.1 Å². The summed E-state index contributed by atoms with van der Waals surface area (Å²) < 4.78 is 5.54. The molecular weight excluding hydrogens is 176 g/mol. The lowest BCUT2D eigenvalue weighted by molar-refractivity contribution is 0.596. The molecule has 0 aliphatic heterocycles. The molecule has 74 valence electrons. The molecule has 0 spiro atoms. The number of nitrogens with zero attached hydrogens (tertiary/aromatic N) is 2. The van der Waals surface area contributed by atoms with E-state index in [1.807, 2.05) is 25.1 Å². The second-order valence-electron chi connectivity index (χ2n) is 3.55. The standard InChI is InChI=1S/C11H14N2O/c1-4-8-5-6-10-9(7-8)12-11(14-10)13(2)3/h5-7H,4H2,1-3H3. The molecule has 14 heavy (non-hydrogen) atoms. The number of fused-ring (bicyclic) bond motifs is 1. The van der Waals surface area contributed by atoms with Crippen LogP contribution in [0, 0.1) is 0 Å². The van der Waals surface area contributed by atoms with E-state index in [0.717, 1.165) is 17.5 Å². The lowest BCUT2D eigenvalue weighted by Gasteiger charge is -2.03. The average Bonchev–Trinajstić information content (AvgIpc) is 2.59. The molecule has 0 aliphatic rings. The molecule has 3 nitrogen and oxygen atoms in total. The van der Waals surface area contributed by atoms with Gasteiger partial charge in [-0.1, -0.05) is 13.0 Å². The number of rotatable bonds is 2. The van der Waals surface area contributed by atoms with Gasteiger partial charge >= 0.3 is 0 Å². The molecule has 0 fully saturated rings. The zero-order valence-corrected chi connectivity index (χ0v) is 8.74. The summed E-state index contributed by atoms with van der Waals surface area (Å²) in [5.41, 5.74) is 3.08. The van der Waals surface area contributed by atoms with Gasteiger partial charge < -0.3 is 9.32 Å². The summed E-state index contributed by atoms with van der Waals surface area (Å²) in [5, 5.41) is 0. The molecule has 2 aromatic rings. The summed E-state index contributed by atoms with van der Waals surface area (Å²) in [7, 11) is 3.84. The average molecular weight is 190 g/mol. The predicted molar refractivity (Wildman–Crippen MR) is 57.7 cm³/mol. The minimum atomic E-state index is 0.660. The van der Waals surface area contributed by atoms with Gasteiger partial charge in [0.15, 0.2) is 5.58 Å². The number of anilines is 1. The number of hydrogen-bond acceptors (Lipinski definition) is 3. The van der Waals surface area contributed by atoms with Crippen LogP contribution in [0.1, 0.15) is 12.5 Å². The Labute approximate surface area is 83.3 Å². The van der Waals surface area contributed by atoms with Crippen LogP contribution in [0.3, 0.4) is 0 Å². The fraction of sp³-hybridized carbons (Fsp3) is 0.364. The van der Waals surface area contributed by atoms with Crippen molar-refractivity contribution >= 4 is 17.1 Å². The second kappa shape index (κ2) is 3.33. The Morgan fingerprint density at radius 3 is 2.79 bits per heavy atom. The van der Waals surface area contributed by atoms with Crippen molar-refractivity contribution < 1.29 is 4.42 Å². The number of benzene rings is 1. The first-order valence-corrected chi connectivity index (χ1v) is 4.77. The van der Waals surface area contributed by atoms with E-state index in [9.17, 15) is 0 Å². The van der Waals surface area contributed by atoms with Crippen LogP contribution in [-0.2, 0) is 6.42 Å². The van der Waals surface area contributed by atoms with Crippen LogP contribution < -0.4 is 4.90 Å². The van der Waals surface area contributed by atoms with Gasteiger partial charge in [-0.15, -0.1) is 0 Å². The minimum Gasteiger partial charge on any atom is -0.423 e. The number of aryl methyl sites for hydroxylation is 1. The molecule has 0 bridgehead atoms. The third-order valence-corrected chi connectivity index (χ3v) is 2.23. The van der Waals surface area contributed by atoms with E-state index in [-0.39, 0.29) is 0 Å². The van der Waals surface area contributed by atoms with Crippen molar-refractivity contribution in [2.24, 2.45) is 0 Å². The lowest BCUT2D eigenvalue weighted by atomic mass is 10.1. The quantitative estimate of drug-likeness (QED) is 0.728. The number of aromatic nitrogens is 1. The minimum absolute atomic E-state index is 0.660. The predicted octanol–water partition coefficient (Wildman–Crippen LogP) is 2.46. The summed E-state index contributed by atoms with van der Waals surface area (Å²) in [6.07, 6.45) is 1.03. The first kappa shape index (κ1) is 9.06. The van der Waals surface area contributed by atoms with Crippen LogP contribution in [0.4, 0.5) is 6.01 Å². The van der Waals surface area contributed by atoms with E-state index in [1.54, 1.807) is 0 Å². The van der Waals surface area contributed by atoms with Crippen LogP contribution >= 0.6 is 0 Å². The van der Waals surface area contributed by atoms with Crippen molar-refractivity contribution in [1.82, 2.24) is 4.98 Å². The number of oxazole rings is 1. The van der Waals surface area contributed by atoms with Gasteiger partial charge in [0.05, 0.1) is 0 Å². The van der Waals surface area contributed by atoms with Gasteiger partial charge in [0.25, 0.3) is 6.01 Å². The molecule has 0 atom stereocenters. The third-order valence-electron chi connectivity index (χ3n) is 2.23. The van der Waals surface area contributed by atoms with Crippen molar-refractivity contribution in [3.8, 4) is 0 Å². The van der Waals surface area contributed by atoms with Crippen molar-refractivity contribution in [2.75, 3.05) is 19.0 Å². The highest BCUT2D eigenvalue weighted by atomic mass is 16.4. The van der Waals surface area contributed by atoms with Gasteiger partial charge in [-0.2, -0.15) is 4.98 Å². The lowest BCUT2D eigenvalue weighted by Crippen LogP contribution is -2.08. The summed E-state index contributed by atoms with van der Waals surface area (Å²) in [6, 6.07) is 6.79. The van der Waals surface area contributed by atoms with Gasteiger partial charge in [-0.25, -0.2) is 0 Å². The SMILES string of the molecule is CCc1ccc2oc(N(C)C)nc2c1. The van der Waals surface area contributed by atoms with Crippen LogP contribution in [0.2, 0.25) is 0 Å². The first-order valence-electron chi connectivity index (χ1n) is 4.77. The topological polar surface area (TPSA) is 29.3 Å². The molecule has 1 aromatic carbocycles. The highest BCUT2D eigenvalue weighted by Gasteiger charge is 2.06. The van der Waals surface area contributed by atoms with Crippen molar-refractivity contribution in [2.45, 2.75) is 13.3 Å². The fourth-order valence-corrected chi connectivity index (χ4v) is 1.37. The smallest absolute Gasteiger partial charge is 0.297 e. The van der Waals surface area contributed by atoms with Crippen molar-refractivity contribution in [1.29, 1.82) is 0 Å². The molecule has 3 heteroatoms.